The van der Waals surface area contributed by atoms with Crippen molar-refractivity contribution in [1.29, 1.82) is 0 Å². The van der Waals surface area contributed by atoms with E-state index in [0.717, 1.165) is 41.6 Å². The number of thiazole rings is 1. The van der Waals surface area contributed by atoms with Gasteiger partial charge in [-0.1, -0.05) is 0 Å². The van der Waals surface area contributed by atoms with E-state index in [2.05, 4.69) is 15.2 Å². The molecule has 0 atom stereocenters. The number of nitrogens with one attached hydrogen (secondary N) is 1. The molecule has 1 aromatic carbocycles. The molecule has 0 radical (unpaired) electrons. The second-order valence-electron chi connectivity index (χ2n) is 6.76. The predicted molar refractivity (Wildman–Crippen MR) is 108 cm³/mol. The number of sulfonamides is 1. The molecule has 1 aliphatic heterocycles. The van der Waals surface area contributed by atoms with Gasteiger partial charge in [-0.2, -0.15) is 0 Å². The van der Waals surface area contributed by atoms with Gasteiger partial charge in [0.05, 0.1) is 16.2 Å². The summed E-state index contributed by atoms with van der Waals surface area (Å²) in [6.07, 6.45) is 3.29. The Bertz CT molecular complexity index is 932. The van der Waals surface area contributed by atoms with Crippen molar-refractivity contribution in [2.45, 2.75) is 31.1 Å². The number of piperidine rings is 1. The van der Waals surface area contributed by atoms with E-state index in [4.69, 9.17) is 0 Å². The maximum absolute atomic E-state index is 13.0. The van der Waals surface area contributed by atoms with Crippen LogP contribution in [0.3, 0.4) is 0 Å². The fourth-order valence-corrected chi connectivity index (χ4v) is 4.67. The van der Waals surface area contributed by atoms with Crippen LogP contribution in [0.1, 0.15) is 35.3 Å². The van der Waals surface area contributed by atoms with E-state index in [1.807, 2.05) is 12.3 Å². The van der Waals surface area contributed by atoms with Crippen molar-refractivity contribution in [2.75, 3.05) is 37.4 Å². The second-order valence-corrected chi connectivity index (χ2v) is 9.77. The lowest BCUT2D eigenvalue weighted by Crippen LogP contribution is -2.32. The fraction of sp³-hybridized carbons (Fsp3) is 0.444. The summed E-state index contributed by atoms with van der Waals surface area (Å²) in [5, 5.41) is 5.16. The van der Waals surface area contributed by atoms with Crippen molar-refractivity contribution < 1.29 is 13.2 Å². The Morgan fingerprint density at radius 1 is 1.22 bits per heavy atom. The lowest BCUT2D eigenvalue weighted by atomic mass is 10.1. The highest BCUT2D eigenvalue weighted by Crippen LogP contribution is 2.29. The molecular formula is C18H24N4O3S2. The van der Waals surface area contributed by atoms with Crippen LogP contribution in [0.2, 0.25) is 0 Å². The first-order chi connectivity index (χ1) is 12.8. The lowest BCUT2D eigenvalue weighted by Gasteiger charge is -2.30. The normalized spacial score (nSPS) is 15.2. The third-order valence-corrected chi connectivity index (χ3v) is 7.21. The topological polar surface area (TPSA) is 82.6 Å². The molecule has 7 nitrogen and oxygen atoms in total. The zero-order valence-corrected chi connectivity index (χ0v) is 17.4. The summed E-state index contributed by atoms with van der Waals surface area (Å²) in [4.78, 5) is 19.5. The molecule has 2 aromatic rings. The van der Waals surface area contributed by atoms with E-state index in [1.165, 1.54) is 37.9 Å². The number of anilines is 2. The SMILES string of the molecule is Cc1csc(NC(=O)c2cc(S(=O)(=O)N(C)C)ccc2N2CCCCC2)n1. The van der Waals surface area contributed by atoms with Crippen molar-refractivity contribution >= 4 is 38.1 Å². The predicted octanol–water partition coefficient (Wildman–Crippen LogP) is 2.94. The molecule has 9 heteroatoms. The highest BCUT2D eigenvalue weighted by Gasteiger charge is 2.24. The maximum Gasteiger partial charge on any atom is 0.259 e. The van der Waals surface area contributed by atoms with Crippen LogP contribution >= 0.6 is 11.3 Å². The van der Waals surface area contributed by atoms with E-state index in [9.17, 15) is 13.2 Å². The third kappa shape index (κ3) is 4.31. The van der Waals surface area contributed by atoms with Gasteiger partial charge in [-0.25, -0.2) is 17.7 Å². The van der Waals surface area contributed by atoms with Crippen molar-refractivity contribution in [2.24, 2.45) is 0 Å². The number of benzene rings is 1. The van der Waals surface area contributed by atoms with Gasteiger partial charge < -0.3 is 4.90 Å². The minimum absolute atomic E-state index is 0.105. The molecule has 1 fully saturated rings. The molecule has 0 aliphatic carbocycles. The van der Waals surface area contributed by atoms with Crippen LogP contribution in [-0.4, -0.2) is 50.8 Å². The van der Waals surface area contributed by atoms with E-state index in [-0.39, 0.29) is 10.8 Å². The van der Waals surface area contributed by atoms with Crippen LogP contribution < -0.4 is 10.2 Å². The number of nitrogens with zero attached hydrogens (tertiary/aromatic N) is 3. The van der Waals surface area contributed by atoms with Crippen molar-refractivity contribution in [3.63, 3.8) is 0 Å². The van der Waals surface area contributed by atoms with Gasteiger partial charge >= 0.3 is 0 Å². The Kier molecular flexibility index (Phi) is 5.83. The van der Waals surface area contributed by atoms with E-state index < -0.39 is 10.0 Å². The minimum Gasteiger partial charge on any atom is -0.371 e. The van der Waals surface area contributed by atoms with E-state index >= 15 is 0 Å². The third-order valence-electron chi connectivity index (χ3n) is 4.53. The zero-order valence-electron chi connectivity index (χ0n) is 15.7. The van der Waals surface area contributed by atoms with Gasteiger partial charge in [0.15, 0.2) is 5.13 Å². The highest BCUT2D eigenvalue weighted by atomic mass is 32.2. The monoisotopic (exact) mass is 408 g/mol. The summed E-state index contributed by atoms with van der Waals surface area (Å²) in [6.45, 7) is 3.57. The van der Waals surface area contributed by atoms with Crippen LogP contribution in [0, 0.1) is 6.92 Å². The maximum atomic E-state index is 13.0. The van der Waals surface area contributed by atoms with Gasteiger partial charge in [0.1, 0.15) is 0 Å². The number of amides is 1. The molecule has 27 heavy (non-hydrogen) atoms. The number of aryl methyl sites for hydroxylation is 1. The quantitative estimate of drug-likeness (QED) is 0.822. The average molecular weight is 409 g/mol. The molecular weight excluding hydrogens is 384 g/mol. The minimum atomic E-state index is -3.63. The molecule has 3 rings (SSSR count). The average Bonchev–Trinajstić information content (AvgIpc) is 3.06. The number of carbonyl (C=O) groups is 1. The molecule has 1 N–H and O–H groups in total. The van der Waals surface area contributed by atoms with Crippen LogP contribution in [-0.2, 0) is 10.0 Å². The summed E-state index contributed by atoms with van der Waals surface area (Å²) in [5.74, 6) is -0.347. The molecule has 0 unspecified atom stereocenters. The smallest absolute Gasteiger partial charge is 0.259 e. The van der Waals surface area contributed by atoms with Gasteiger partial charge in [0.2, 0.25) is 10.0 Å². The van der Waals surface area contributed by atoms with Gasteiger partial charge in [0.25, 0.3) is 5.91 Å². The second kappa shape index (κ2) is 7.95. The summed E-state index contributed by atoms with van der Waals surface area (Å²) in [6, 6.07) is 4.78. The Labute approximate surface area is 164 Å². The van der Waals surface area contributed by atoms with E-state index in [0.29, 0.717) is 10.7 Å². The number of hydrogen-bond acceptors (Lipinski definition) is 6. The molecule has 146 valence electrons. The van der Waals surface area contributed by atoms with Crippen LogP contribution in [0.25, 0.3) is 0 Å². The number of aromatic nitrogens is 1. The van der Waals surface area contributed by atoms with Crippen LogP contribution in [0.4, 0.5) is 10.8 Å². The molecule has 1 amide bonds. The van der Waals surface area contributed by atoms with Crippen LogP contribution in [0.5, 0.6) is 0 Å². The first kappa shape index (κ1) is 19.8. The van der Waals surface area contributed by atoms with Gasteiger partial charge in [-0.15, -0.1) is 11.3 Å². The number of rotatable bonds is 5. The van der Waals surface area contributed by atoms with Crippen molar-refractivity contribution in [3.8, 4) is 0 Å². The first-order valence-corrected chi connectivity index (χ1v) is 11.2. The Balaban J connectivity index is 2.01. The van der Waals surface area contributed by atoms with Gasteiger partial charge in [-0.3, -0.25) is 10.1 Å². The van der Waals surface area contributed by atoms with Crippen molar-refractivity contribution in [3.05, 3.63) is 34.8 Å². The summed E-state index contributed by atoms with van der Waals surface area (Å²) < 4.78 is 26.2. The molecule has 2 heterocycles. The first-order valence-electron chi connectivity index (χ1n) is 8.84. The molecule has 0 bridgehead atoms. The van der Waals surface area contributed by atoms with Gasteiger partial charge in [-0.05, 0) is 44.4 Å². The lowest BCUT2D eigenvalue weighted by molar-refractivity contribution is 0.102. The Morgan fingerprint density at radius 2 is 1.93 bits per heavy atom. The van der Waals surface area contributed by atoms with Crippen LogP contribution in [0.15, 0.2) is 28.5 Å². The highest BCUT2D eigenvalue weighted by molar-refractivity contribution is 7.89. The largest absolute Gasteiger partial charge is 0.371 e. The Morgan fingerprint density at radius 3 is 2.52 bits per heavy atom. The van der Waals surface area contributed by atoms with E-state index in [1.54, 1.807) is 12.1 Å². The van der Waals surface area contributed by atoms with Gasteiger partial charge in [0, 0.05) is 38.3 Å². The summed E-state index contributed by atoms with van der Waals surface area (Å²) >= 11 is 1.35. The molecule has 1 aromatic heterocycles. The molecule has 1 saturated heterocycles. The summed E-state index contributed by atoms with van der Waals surface area (Å²) in [5.41, 5.74) is 1.95. The molecule has 1 aliphatic rings. The standard InChI is InChI=1S/C18H24N4O3S2/c1-13-12-26-18(19-13)20-17(23)15-11-14(27(24,25)21(2)3)7-8-16(15)22-9-5-4-6-10-22/h7-8,11-12H,4-6,9-10H2,1-3H3,(H,19,20,23). The Hall–Kier alpha value is -1.97. The molecule has 0 spiro atoms. The number of carbonyl (C=O) groups excluding carboxylic acids is 1. The zero-order chi connectivity index (χ0) is 19.6. The number of hydrogen-bond donors (Lipinski definition) is 1. The summed E-state index contributed by atoms with van der Waals surface area (Å²) in [7, 11) is -0.671. The fourth-order valence-electron chi connectivity index (χ4n) is 3.05. The van der Waals surface area contributed by atoms with Crippen molar-refractivity contribution in [1.82, 2.24) is 9.29 Å². The molecule has 0 saturated carbocycles.